The Balaban J connectivity index is 2.25. The maximum atomic E-state index is 12.3. The van der Waals surface area contributed by atoms with Crippen molar-refractivity contribution in [3.8, 4) is 0 Å². The third-order valence-corrected chi connectivity index (χ3v) is 4.31. The average molecular weight is 307 g/mol. The zero-order chi connectivity index (χ0) is 14.6. The minimum absolute atomic E-state index is 0.0485. The predicted molar refractivity (Wildman–Crippen MR) is 80.6 cm³/mol. The zero-order valence-corrected chi connectivity index (χ0v) is 12.1. The number of sulfonamides is 1. The first-order valence-corrected chi connectivity index (χ1v) is 7.67. The van der Waals surface area contributed by atoms with Crippen LogP contribution in [0.1, 0.15) is 11.1 Å². The van der Waals surface area contributed by atoms with Gasteiger partial charge in [-0.2, -0.15) is 0 Å². The third kappa shape index (κ3) is 3.38. The fourth-order valence-electron chi connectivity index (χ4n) is 1.66. The lowest BCUT2D eigenvalue weighted by Gasteiger charge is -2.10. The summed E-state index contributed by atoms with van der Waals surface area (Å²) in [6.07, 6.45) is 3.22. The summed E-state index contributed by atoms with van der Waals surface area (Å²) in [4.78, 5) is 4.06. The van der Waals surface area contributed by atoms with Gasteiger partial charge < -0.3 is 5.73 Å². The van der Waals surface area contributed by atoms with Gasteiger partial charge >= 0.3 is 0 Å². The molecule has 1 heterocycles. The second-order valence-corrected chi connectivity index (χ2v) is 6.22. The molecule has 0 fully saturated rings. The lowest BCUT2D eigenvalue weighted by atomic mass is 10.2. The molecule has 1 aromatic heterocycles. The van der Waals surface area contributed by atoms with Crippen LogP contribution in [0.25, 0.3) is 0 Å². The van der Waals surface area contributed by atoms with Gasteiger partial charge in [0.1, 0.15) is 4.99 Å². The summed E-state index contributed by atoms with van der Waals surface area (Å²) in [5.41, 5.74) is 6.65. The monoisotopic (exact) mass is 307 g/mol. The number of nitrogens with zero attached hydrogens (tertiary/aromatic N) is 1. The van der Waals surface area contributed by atoms with E-state index < -0.39 is 10.0 Å². The molecule has 0 bridgehead atoms. The number of benzene rings is 1. The van der Waals surface area contributed by atoms with Crippen LogP contribution in [0.4, 0.5) is 0 Å². The molecule has 2 rings (SSSR count). The van der Waals surface area contributed by atoms with Gasteiger partial charge in [-0.1, -0.05) is 36.5 Å². The van der Waals surface area contributed by atoms with E-state index in [0.29, 0.717) is 5.56 Å². The van der Waals surface area contributed by atoms with Crippen molar-refractivity contribution in [1.82, 2.24) is 9.71 Å². The normalized spacial score (nSPS) is 11.2. The molecule has 5 nitrogen and oxygen atoms in total. The number of rotatable bonds is 5. The van der Waals surface area contributed by atoms with Crippen molar-refractivity contribution < 1.29 is 8.42 Å². The van der Waals surface area contributed by atoms with Gasteiger partial charge in [0.05, 0.1) is 4.90 Å². The van der Waals surface area contributed by atoms with Crippen LogP contribution in [-0.4, -0.2) is 18.4 Å². The highest BCUT2D eigenvalue weighted by molar-refractivity contribution is 7.89. The van der Waals surface area contributed by atoms with E-state index in [0.717, 1.165) is 5.56 Å². The van der Waals surface area contributed by atoms with Crippen LogP contribution in [0.15, 0.2) is 53.7 Å². The first kappa shape index (κ1) is 14.6. The second kappa shape index (κ2) is 6.08. The Bertz CT molecular complexity index is 715. The molecule has 0 saturated heterocycles. The Morgan fingerprint density at radius 1 is 1.25 bits per heavy atom. The van der Waals surface area contributed by atoms with E-state index in [1.807, 2.05) is 0 Å². The Labute approximate surface area is 122 Å². The summed E-state index contributed by atoms with van der Waals surface area (Å²) in [7, 11) is -3.68. The molecule has 7 heteroatoms. The molecule has 0 spiro atoms. The average Bonchev–Trinajstić information content (AvgIpc) is 2.46. The fourth-order valence-corrected chi connectivity index (χ4v) is 3.14. The largest absolute Gasteiger partial charge is 0.389 e. The summed E-state index contributed by atoms with van der Waals surface area (Å²) in [5, 5.41) is 0. The molecule has 0 aliphatic heterocycles. The van der Waals surface area contributed by atoms with E-state index in [4.69, 9.17) is 18.0 Å². The number of nitrogens with two attached hydrogens (primary N) is 1. The minimum Gasteiger partial charge on any atom is -0.389 e. The van der Waals surface area contributed by atoms with Crippen LogP contribution in [0.2, 0.25) is 0 Å². The molecule has 20 heavy (non-hydrogen) atoms. The lowest BCUT2D eigenvalue weighted by Crippen LogP contribution is -2.26. The lowest BCUT2D eigenvalue weighted by molar-refractivity contribution is 0.581. The number of aromatic nitrogens is 1. The van der Waals surface area contributed by atoms with Crippen molar-refractivity contribution in [2.75, 3.05) is 0 Å². The molecule has 1 aromatic carbocycles. The zero-order valence-electron chi connectivity index (χ0n) is 10.5. The van der Waals surface area contributed by atoms with Crippen LogP contribution in [-0.2, 0) is 16.6 Å². The summed E-state index contributed by atoms with van der Waals surface area (Å²) in [6, 6.07) is 9.90. The van der Waals surface area contributed by atoms with Crippen molar-refractivity contribution in [3.05, 3.63) is 59.9 Å². The second-order valence-electron chi connectivity index (χ2n) is 4.05. The van der Waals surface area contributed by atoms with Crippen LogP contribution in [0, 0.1) is 0 Å². The standard InChI is InChI=1S/C13H13N3O2S2/c14-13(19)11-5-1-2-6-12(11)20(17,18)16-9-10-4-3-7-15-8-10/h1-8,16H,9H2,(H2,14,19). The van der Waals surface area contributed by atoms with E-state index in [1.165, 1.54) is 6.07 Å². The van der Waals surface area contributed by atoms with Gasteiger partial charge in [-0.3, -0.25) is 4.98 Å². The van der Waals surface area contributed by atoms with Crippen molar-refractivity contribution in [3.63, 3.8) is 0 Å². The van der Waals surface area contributed by atoms with E-state index in [9.17, 15) is 8.42 Å². The quantitative estimate of drug-likeness (QED) is 0.811. The van der Waals surface area contributed by atoms with Gasteiger partial charge in [-0.25, -0.2) is 13.1 Å². The number of hydrogen-bond donors (Lipinski definition) is 2. The maximum absolute atomic E-state index is 12.3. The molecule has 0 aliphatic rings. The predicted octanol–water partition coefficient (Wildman–Crippen LogP) is 1.19. The number of pyridine rings is 1. The minimum atomic E-state index is -3.68. The Kier molecular flexibility index (Phi) is 4.43. The van der Waals surface area contributed by atoms with Gasteiger partial charge in [-0.05, 0) is 17.7 Å². The Hall–Kier alpha value is -1.83. The number of thiocarbonyl (C=S) groups is 1. The van der Waals surface area contributed by atoms with Gasteiger partial charge in [0.2, 0.25) is 10.0 Å². The highest BCUT2D eigenvalue weighted by Gasteiger charge is 2.18. The van der Waals surface area contributed by atoms with E-state index in [-0.39, 0.29) is 16.4 Å². The first-order chi connectivity index (χ1) is 9.50. The summed E-state index contributed by atoms with van der Waals surface area (Å²) < 4.78 is 27.1. The highest BCUT2D eigenvalue weighted by atomic mass is 32.2. The molecular formula is C13H13N3O2S2. The molecule has 3 N–H and O–H groups in total. The van der Waals surface area contributed by atoms with E-state index >= 15 is 0 Å². The summed E-state index contributed by atoms with van der Waals surface area (Å²) >= 11 is 4.87. The molecular weight excluding hydrogens is 294 g/mol. The maximum Gasteiger partial charge on any atom is 0.241 e. The van der Waals surface area contributed by atoms with Gasteiger partial charge in [0.25, 0.3) is 0 Å². The SMILES string of the molecule is NC(=S)c1ccccc1S(=O)(=O)NCc1cccnc1. The van der Waals surface area contributed by atoms with Crippen LogP contribution in [0.5, 0.6) is 0 Å². The van der Waals surface area contributed by atoms with Crippen molar-refractivity contribution >= 4 is 27.2 Å². The highest BCUT2D eigenvalue weighted by Crippen LogP contribution is 2.15. The molecule has 0 atom stereocenters. The Morgan fingerprint density at radius 3 is 2.65 bits per heavy atom. The number of hydrogen-bond acceptors (Lipinski definition) is 4. The first-order valence-electron chi connectivity index (χ1n) is 5.78. The molecule has 0 unspecified atom stereocenters. The van der Waals surface area contributed by atoms with Crippen LogP contribution >= 0.6 is 12.2 Å². The van der Waals surface area contributed by atoms with Crippen LogP contribution < -0.4 is 10.5 Å². The van der Waals surface area contributed by atoms with Gasteiger partial charge in [0.15, 0.2) is 0 Å². The smallest absolute Gasteiger partial charge is 0.241 e. The molecule has 0 amide bonds. The van der Waals surface area contributed by atoms with Gasteiger partial charge in [0, 0.05) is 24.5 Å². The van der Waals surface area contributed by atoms with Crippen molar-refractivity contribution in [2.24, 2.45) is 5.73 Å². The summed E-state index contributed by atoms with van der Waals surface area (Å²) in [6.45, 7) is 0.155. The molecule has 104 valence electrons. The molecule has 0 radical (unpaired) electrons. The summed E-state index contributed by atoms with van der Waals surface area (Å²) in [5.74, 6) is 0. The van der Waals surface area contributed by atoms with Crippen LogP contribution in [0.3, 0.4) is 0 Å². The molecule has 0 saturated carbocycles. The Morgan fingerprint density at radius 2 is 2.00 bits per heavy atom. The fraction of sp³-hybridized carbons (Fsp3) is 0.0769. The van der Waals surface area contributed by atoms with E-state index in [2.05, 4.69) is 9.71 Å². The number of nitrogens with one attached hydrogen (secondary N) is 1. The molecule has 2 aromatic rings. The third-order valence-electron chi connectivity index (χ3n) is 2.63. The molecule has 0 aliphatic carbocycles. The van der Waals surface area contributed by atoms with E-state index in [1.54, 1.807) is 42.7 Å². The van der Waals surface area contributed by atoms with Crippen molar-refractivity contribution in [2.45, 2.75) is 11.4 Å². The van der Waals surface area contributed by atoms with Gasteiger partial charge in [-0.15, -0.1) is 0 Å². The topological polar surface area (TPSA) is 85.1 Å². The van der Waals surface area contributed by atoms with Crippen molar-refractivity contribution in [1.29, 1.82) is 0 Å².